The summed E-state index contributed by atoms with van der Waals surface area (Å²) in [6, 6.07) is 13.7. The zero-order valence-corrected chi connectivity index (χ0v) is 17.5. The van der Waals surface area contributed by atoms with Gasteiger partial charge in [-0.2, -0.15) is 0 Å². The Hall–Kier alpha value is -2.00. The Kier molecular flexibility index (Phi) is 7.10. The second-order valence-corrected chi connectivity index (χ2v) is 7.85. The summed E-state index contributed by atoms with van der Waals surface area (Å²) in [6.45, 7) is 15.2. The molecule has 0 saturated carbocycles. The third-order valence-corrected chi connectivity index (χ3v) is 4.91. The number of hydrogen-bond acceptors (Lipinski definition) is 3. The van der Waals surface area contributed by atoms with Crippen LogP contribution in [0.1, 0.15) is 36.1 Å². The van der Waals surface area contributed by atoms with Gasteiger partial charge < -0.3 is 15.5 Å². The van der Waals surface area contributed by atoms with Gasteiger partial charge in [0, 0.05) is 36.5 Å². The van der Waals surface area contributed by atoms with Gasteiger partial charge in [-0.05, 0) is 70.8 Å². The van der Waals surface area contributed by atoms with E-state index in [0.717, 1.165) is 13.1 Å². The summed E-state index contributed by atoms with van der Waals surface area (Å²) < 4.78 is 0. The first-order valence-electron chi connectivity index (χ1n) is 9.62. The van der Waals surface area contributed by atoms with Gasteiger partial charge in [0.25, 0.3) is 0 Å². The van der Waals surface area contributed by atoms with Crippen molar-refractivity contribution in [1.29, 1.82) is 0 Å². The van der Waals surface area contributed by atoms with E-state index in [1.165, 1.54) is 33.6 Å². The van der Waals surface area contributed by atoms with Crippen LogP contribution in [0.2, 0.25) is 0 Å². The fourth-order valence-electron chi connectivity index (χ4n) is 3.68. The molecule has 2 aromatic rings. The van der Waals surface area contributed by atoms with Crippen molar-refractivity contribution in [3.8, 4) is 0 Å². The van der Waals surface area contributed by atoms with Crippen molar-refractivity contribution in [3.63, 3.8) is 0 Å². The molecule has 2 unspecified atom stereocenters. The molecule has 2 aromatic carbocycles. The largest absolute Gasteiger partial charge is 0.381 e. The molecule has 0 heterocycles. The molecule has 2 N–H and O–H groups in total. The molecule has 0 spiro atoms. The second-order valence-electron chi connectivity index (χ2n) is 7.85. The lowest BCUT2D eigenvalue weighted by Crippen LogP contribution is -2.38. The normalized spacial score (nSPS) is 13.5. The Labute approximate surface area is 159 Å². The number of nitrogens with zero attached hydrogens (tertiary/aromatic N) is 1. The quantitative estimate of drug-likeness (QED) is 0.687. The minimum Gasteiger partial charge on any atom is -0.381 e. The minimum absolute atomic E-state index is 0.396. The maximum atomic E-state index is 3.69. The third-order valence-electron chi connectivity index (χ3n) is 4.91. The zero-order valence-electron chi connectivity index (χ0n) is 17.5. The van der Waals surface area contributed by atoms with Crippen LogP contribution in [-0.4, -0.2) is 37.1 Å². The van der Waals surface area contributed by atoms with Crippen molar-refractivity contribution in [2.75, 3.05) is 30.8 Å². The van der Waals surface area contributed by atoms with E-state index in [-0.39, 0.29) is 0 Å². The van der Waals surface area contributed by atoms with E-state index in [0.29, 0.717) is 12.1 Å². The molecule has 0 aliphatic carbocycles. The van der Waals surface area contributed by atoms with Crippen LogP contribution in [0.25, 0.3) is 0 Å². The van der Waals surface area contributed by atoms with Crippen molar-refractivity contribution >= 4 is 11.4 Å². The molecule has 0 aliphatic rings. The van der Waals surface area contributed by atoms with E-state index in [9.17, 15) is 0 Å². The molecular weight excluding hydrogens is 318 g/mol. The van der Waals surface area contributed by atoms with Gasteiger partial charge in [0.1, 0.15) is 0 Å². The van der Waals surface area contributed by atoms with E-state index in [4.69, 9.17) is 0 Å². The summed E-state index contributed by atoms with van der Waals surface area (Å²) in [4.78, 5) is 2.40. The Balaban J connectivity index is 1.88. The predicted molar refractivity (Wildman–Crippen MR) is 115 cm³/mol. The molecular formula is C23H35N3. The lowest BCUT2D eigenvalue weighted by molar-refractivity contribution is 0.314. The van der Waals surface area contributed by atoms with E-state index in [2.05, 4.69) is 101 Å². The molecule has 0 bridgehead atoms. The van der Waals surface area contributed by atoms with Crippen molar-refractivity contribution in [2.45, 2.75) is 53.6 Å². The summed E-state index contributed by atoms with van der Waals surface area (Å²) >= 11 is 0. The van der Waals surface area contributed by atoms with Gasteiger partial charge in [-0.25, -0.2) is 0 Å². The van der Waals surface area contributed by atoms with Crippen molar-refractivity contribution < 1.29 is 0 Å². The third kappa shape index (κ3) is 5.50. The lowest BCUT2D eigenvalue weighted by Gasteiger charge is -2.28. The van der Waals surface area contributed by atoms with Gasteiger partial charge in [-0.3, -0.25) is 0 Å². The average molecular weight is 354 g/mol. The predicted octanol–water partition coefficient (Wildman–Crippen LogP) is 5.15. The van der Waals surface area contributed by atoms with Gasteiger partial charge in [-0.15, -0.1) is 0 Å². The average Bonchev–Trinajstić information content (AvgIpc) is 2.54. The molecule has 142 valence electrons. The fourth-order valence-corrected chi connectivity index (χ4v) is 3.68. The van der Waals surface area contributed by atoms with E-state index in [1.807, 2.05) is 0 Å². The Bertz CT molecular complexity index is 621. The number of likely N-dealkylation sites (N-methyl/N-ethyl adjacent to an activating group) is 1. The monoisotopic (exact) mass is 353 g/mol. The summed E-state index contributed by atoms with van der Waals surface area (Å²) in [7, 11) is 2.20. The topological polar surface area (TPSA) is 27.3 Å². The molecule has 3 heteroatoms. The van der Waals surface area contributed by atoms with Crippen LogP contribution in [0.4, 0.5) is 11.4 Å². The van der Waals surface area contributed by atoms with Crippen LogP contribution >= 0.6 is 0 Å². The van der Waals surface area contributed by atoms with E-state index in [1.54, 1.807) is 0 Å². The SMILES string of the molecule is Cc1cccc(C)c1NC(C)CN(C)CC(C)Nc1c(C)cccc1C. The number of benzene rings is 2. The second kappa shape index (κ2) is 9.09. The van der Waals surface area contributed by atoms with Crippen LogP contribution in [0, 0.1) is 27.7 Å². The van der Waals surface area contributed by atoms with Gasteiger partial charge in [-0.1, -0.05) is 36.4 Å². The Morgan fingerprint density at radius 1 is 0.692 bits per heavy atom. The van der Waals surface area contributed by atoms with E-state index < -0.39 is 0 Å². The van der Waals surface area contributed by atoms with Gasteiger partial charge in [0.15, 0.2) is 0 Å². The van der Waals surface area contributed by atoms with Crippen LogP contribution in [-0.2, 0) is 0 Å². The highest BCUT2D eigenvalue weighted by molar-refractivity contribution is 5.58. The molecule has 0 saturated heterocycles. The fraction of sp³-hybridized carbons (Fsp3) is 0.478. The number of anilines is 2. The number of para-hydroxylation sites is 2. The molecule has 2 rings (SSSR count). The maximum absolute atomic E-state index is 3.69. The standard InChI is InChI=1S/C23H35N3/c1-16-10-8-11-17(2)22(16)24-20(5)14-26(7)15-21(6)25-23-18(3)12-9-13-19(23)4/h8-13,20-21,24-25H,14-15H2,1-7H3. The first-order valence-corrected chi connectivity index (χ1v) is 9.62. The van der Waals surface area contributed by atoms with Gasteiger partial charge >= 0.3 is 0 Å². The van der Waals surface area contributed by atoms with Crippen molar-refractivity contribution in [3.05, 3.63) is 58.7 Å². The maximum Gasteiger partial charge on any atom is 0.0402 e. The Morgan fingerprint density at radius 2 is 1.00 bits per heavy atom. The van der Waals surface area contributed by atoms with Crippen molar-refractivity contribution in [1.82, 2.24) is 4.90 Å². The van der Waals surface area contributed by atoms with Crippen LogP contribution < -0.4 is 10.6 Å². The molecule has 0 radical (unpaired) electrons. The number of aryl methyl sites for hydroxylation is 4. The molecule has 0 fully saturated rings. The van der Waals surface area contributed by atoms with Gasteiger partial charge in [0.2, 0.25) is 0 Å². The molecule has 0 aromatic heterocycles. The Morgan fingerprint density at radius 3 is 1.31 bits per heavy atom. The number of rotatable bonds is 8. The summed E-state index contributed by atoms with van der Waals surface area (Å²) in [6.07, 6.45) is 0. The molecule has 26 heavy (non-hydrogen) atoms. The van der Waals surface area contributed by atoms with Crippen LogP contribution in [0.15, 0.2) is 36.4 Å². The lowest BCUT2D eigenvalue weighted by atomic mass is 10.1. The summed E-state index contributed by atoms with van der Waals surface area (Å²) in [5.41, 5.74) is 7.79. The van der Waals surface area contributed by atoms with Gasteiger partial charge in [0.05, 0.1) is 0 Å². The smallest absolute Gasteiger partial charge is 0.0402 e. The summed E-state index contributed by atoms with van der Waals surface area (Å²) in [5, 5.41) is 7.38. The number of nitrogens with one attached hydrogen (secondary N) is 2. The van der Waals surface area contributed by atoms with E-state index >= 15 is 0 Å². The molecule has 0 aliphatic heterocycles. The zero-order chi connectivity index (χ0) is 19.3. The van der Waals surface area contributed by atoms with Crippen LogP contribution in [0.3, 0.4) is 0 Å². The number of hydrogen-bond donors (Lipinski definition) is 2. The molecule has 2 atom stereocenters. The molecule has 3 nitrogen and oxygen atoms in total. The summed E-state index contributed by atoms with van der Waals surface area (Å²) in [5.74, 6) is 0. The van der Waals surface area contributed by atoms with Crippen LogP contribution in [0.5, 0.6) is 0 Å². The highest BCUT2D eigenvalue weighted by Gasteiger charge is 2.13. The minimum atomic E-state index is 0.396. The first-order chi connectivity index (χ1) is 12.3. The highest BCUT2D eigenvalue weighted by Crippen LogP contribution is 2.21. The first kappa shape index (κ1) is 20.3. The molecule has 0 amide bonds. The highest BCUT2D eigenvalue weighted by atomic mass is 15.1. The van der Waals surface area contributed by atoms with Crippen molar-refractivity contribution in [2.24, 2.45) is 0 Å².